The Balaban J connectivity index is 1.62. The molecular formula is C20H14N2O6S. The lowest BCUT2D eigenvalue weighted by molar-refractivity contribution is 0.0554. The van der Waals surface area contributed by atoms with E-state index in [1.54, 1.807) is 31.2 Å². The Morgan fingerprint density at radius 2 is 2.07 bits per heavy atom. The van der Waals surface area contributed by atoms with Gasteiger partial charge in [0, 0.05) is 6.07 Å². The number of benzene rings is 1. The molecule has 3 aromatic heterocycles. The molecule has 0 aliphatic rings. The highest BCUT2D eigenvalue weighted by molar-refractivity contribution is 7.17. The average molecular weight is 410 g/mol. The minimum Gasteiger partial charge on any atom is -0.457 e. The first-order chi connectivity index (χ1) is 14.0. The van der Waals surface area contributed by atoms with Gasteiger partial charge in [0.05, 0.1) is 11.1 Å². The van der Waals surface area contributed by atoms with E-state index in [9.17, 15) is 14.4 Å². The first-order valence-electron chi connectivity index (χ1n) is 8.50. The summed E-state index contributed by atoms with van der Waals surface area (Å²) in [5.41, 5.74) is 0.499. The summed E-state index contributed by atoms with van der Waals surface area (Å²) in [6.45, 7) is 5.19. The highest BCUT2D eigenvalue weighted by Crippen LogP contribution is 2.26. The molecule has 146 valence electrons. The molecule has 0 radical (unpaired) electrons. The van der Waals surface area contributed by atoms with E-state index in [0.29, 0.717) is 16.7 Å². The maximum Gasteiger partial charge on any atom is 0.350 e. The molecule has 0 fully saturated rings. The number of esters is 1. The number of hydrogen-bond acceptors (Lipinski definition) is 8. The maximum absolute atomic E-state index is 12.6. The zero-order valence-corrected chi connectivity index (χ0v) is 16.0. The molecule has 3 heterocycles. The topological polar surface area (TPSA) is 112 Å². The van der Waals surface area contributed by atoms with E-state index in [2.05, 4.69) is 16.9 Å². The Labute approximate surface area is 167 Å². The fraction of sp³-hybridized carbons (Fsp3) is 0.100. The van der Waals surface area contributed by atoms with Crippen LogP contribution in [0.5, 0.6) is 0 Å². The molecule has 1 amide bonds. The van der Waals surface area contributed by atoms with E-state index >= 15 is 0 Å². The van der Waals surface area contributed by atoms with E-state index in [-0.39, 0.29) is 39.0 Å². The van der Waals surface area contributed by atoms with E-state index in [1.807, 2.05) is 0 Å². The monoisotopic (exact) mass is 410 g/mol. The molecule has 0 atom stereocenters. The van der Waals surface area contributed by atoms with Gasteiger partial charge in [-0.1, -0.05) is 36.1 Å². The van der Waals surface area contributed by atoms with Crippen molar-refractivity contribution in [1.29, 1.82) is 0 Å². The van der Waals surface area contributed by atoms with Gasteiger partial charge >= 0.3 is 11.7 Å². The van der Waals surface area contributed by atoms with Gasteiger partial charge in [0.2, 0.25) is 5.43 Å². The first kappa shape index (κ1) is 18.6. The van der Waals surface area contributed by atoms with Crippen LogP contribution in [-0.2, 0) is 4.74 Å². The van der Waals surface area contributed by atoms with Crippen LogP contribution in [0.3, 0.4) is 0 Å². The molecule has 4 rings (SSSR count). The Hall–Kier alpha value is -3.72. The Morgan fingerprint density at radius 3 is 2.86 bits per heavy atom. The number of nitrogens with one attached hydrogen (secondary N) is 1. The van der Waals surface area contributed by atoms with Crippen molar-refractivity contribution in [2.75, 3.05) is 11.9 Å². The van der Waals surface area contributed by atoms with Crippen LogP contribution in [0.4, 0.5) is 5.13 Å². The molecule has 8 nitrogen and oxygen atoms in total. The summed E-state index contributed by atoms with van der Waals surface area (Å²) < 4.78 is 16.0. The van der Waals surface area contributed by atoms with Crippen LogP contribution in [0, 0.1) is 6.92 Å². The number of aryl methyl sites for hydroxylation is 1. The van der Waals surface area contributed by atoms with Crippen LogP contribution >= 0.6 is 11.3 Å². The Kier molecular flexibility index (Phi) is 4.73. The van der Waals surface area contributed by atoms with Crippen molar-refractivity contribution >= 4 is 50.5 Å². The summed E-state index contributed by atoms with van der Waals surface area (Å²) in [5.74, 6) is -1.33. The van der Waals surface area contributed by atoms with Gasteiger partial charge in [-0.25, -0.2) is 9.78 Å². The standard InChI is InChI=1S/C20H14N2O6S/c1-3-8-26-18(25)16-10(2)21-20(29-16)22-17(24)14-9-12-15(23)11-6-4-5-7-13(11)27-19(12)28-14/h3-7,9H,1,8H2,2H3,(H,21,22,24). The lowest BCUT2D eigenvalue weighted by Gasteiger charge is -1.98. The highest BCUT2D eigenvalue weighted by atomic mass is 32.1. The molecule has 1 aromatic carbocycles. The molecule has 1 N–H and O–H groups in total. The van der Waals surface area contributed by atoms with Crippen LogP contribution in [-0.4, -0.2) is 23.5 Å². The van der Waals surface area contributed by atoms with Crippen LogP contribution in [0.1, 0.15) is 25.9 Å². The van der Waals surface area contributed by atoms with Crippen molar-refractivity contribution in [2.45, 2.75) is 6.92 Å². The summed E-state index contributed by atoms with van der Waals surface area (Å²) in [6, 6.07) is 8.06. The van der Waals surface area contributed by atoms with Gasteiger partial charge in [-0.05, 0) is 19.1 Å². The number of fused-ring (bicyclic) bond motifs is 2. The van der Waals surface area contributed by atoms with Gasteiger partial charge in [-0.15, -0.1) is 0 Å². The third kappa shape index (κ3) is 3.43. The number of rotatable bonds is 5. The number of carbonyl (C=O) groups is 2. The smallest absolute Gasteiger partial charge is 0.350 e. The third-order valence-corrected chi connectivity index (χ3v) is 5.09. The van der Waals surface area contributed by atoms with Crippen LogP contribution in [0.2, 0.25) is 0 Å². The molecule has 0 bridgehead atoms. The molecule has 0 saturated carbocycles. The van der Waals surface area contributed by atoms with E-state index in [4.69, 9.17) is 13.6 Å². The number of nitrogens with zero attached hydrogens (tertiary/aromatic N) is 1. The molecule has 0 unspecified atom stereocenters. The van der Waals surface area contributed by atoms with Gasteiger partial charge in [0.25, 0.3) is 5.91 Å². The lowest BCUT2D eigenvalue weighted by Crippen LogP contribution is -2.10. The number of amides is 1. The number of aromatic nitrogens is 1. The average Bonchev–Trinajstić information content (AvgIpc) is 3.30. The number of carbonyl (C=O) groups excluding carboxylic acids is 2. The molecule has 0 spiro atoms. The van der Waals surface area contributed by atoms with Crippen LogP contribution in [0.15, 0.2) is 56.6 Å². The molecule has 0 aliphatic carbocycles. The van der Waals surface area contributed by atoms with Gasteiger partial charge < -0.3 is 13.6 Å². The van der Waals surface area contributed by atoms with Crippen molar-refractivity contribution in [3.05, 3.63) is 69.5 Å². The molecule has 29 heavy (non-hydrogen) atoms. The number of ether oxygens (including phenoxy) is 1. The number of thiazole rings is 1. The lowest BCUT2D eigenvalue weighted by atomic mass is 10.2. The predicted octanol–water partition coefficient (Wildman–Crippen LogP) is 3.90. The van der Waals surface area contributed by atoms with Gasteiger partial charge in [0.15, 0.2) is 10.9 Å². The summed E-state index contributed by atoms with van der Waals surface area (Å²) >= 11 is 0.974. The molecule has 9 heteroatoms. The second-order valence-corrected chi connectivity index (χ2v) is 7.01. The summed E-state index contributed by atoms with van der Waals surface area (Å²) in [7, 11) is 0. The van der Waals surface area contributed by atoms with Crippen molar-refractivity contribution < 1.29 is 23.2 Å². The third-order valence-electron chi connectivity index (χ3n) is 4.04. The minimum atomic E-state index is -0.625. The Morgan fingerprint density at radius 1 is 1.28 bits per heavy atom. The zero-order chi connectivity index (χ0) is 20.5. The number of anilines is 1. The fourth-order valence-electron chi connectivity index (χ4n) is 2.71. The second-order valence-electron chi connectivity index (χ2n) is 6.01. The maximum atomic E-state index is 12.6. The first-order valence-corrected chi connectivity index (χ1v) is 9.31. The van der Waals surface area contributed by atoms with Crippen molar-refractivity contribution in [3.63, 3.8) is 0 Å². The predicted molar refractivity (Wildman–Crippen MR) is 108 cm³/mol. The summed E-state index contributed by atoms with van der Waals surface area (Å²) in [5, 5.41) is 3.31. The normalized spacial score (nSPS) is 10.9. The molecule has 0 aliphatic heterocycles. The molecule has 0 saturated heterocycles. The fourth-order valence-corrected chi connectivity index (χ4v) is 3.56. The van der Waals surface area contributed by atoms with Crippen molar-refractivity contribution in [1.82, 2.24) is 4.98 Å². The number of hydrogen-bond donors (Lipinski definition) is 1. The number of furan rings is 1. The largest absolute Gasteiger partial charge is 0.457 e. The Bertz CT molecular complexity index is 1330. The van der Waals surface area contributed by atoms with Crippen molar-refractivity contribution in [3.8, 4) is 0 Å². The minimum absolute atomic E-state index is 0.0390. The van der Waals surface area contributed by atoms with E-state index in [1.165, 1.54) is 12.1 Å². The molecular weight excluding hydrogens is 396 g/mol. The highest BCUT2D eigenvalue weighted by Gasteiger charge is 2.21. The van der Waals surface area contributed by atoms with Crippen molar-refractivity contribution in [2.24, 2.45) is 0 Å². The van der Waals surface area contributed by atoms with Crippen LogP contribution < -0.4 is 10.7 Å². The van der Waals surface area contributed by atoms with Crippen LogP contribution in [0.25, 0.3) is 22.1 Å². The zero-order valence-electron chi connectivity index (χ0n) is 15.2. The molecule has 4 aromatic rings. The van der Waals surface area contributed by atoms with Gasteiger partial charge in [-0.2, -0.15) is 0 Å². The second kappa shape index (κ2) is 7.36. The van der Waals surface area contributed by atoms with E-state index < -0.39 is 11.9 Å². The van der Waals surface area contributed by atoms with E-state index in [0.717, 1.165) is 11.3 Å². The summed E-state index contributed by atoms with van der Waals surface area (Å²) in [6.07, 6.45) is 1.46. The SMILES string of the molecule is C=CCOC(=O)c1sc(NC(=O)c2cc3c(=O)c4ccccc4oc3o2)nc1C. The quantitative estimate of drug-likeness (QED) is 0.392. The summed E-state index contributed by atoms with van der Waals surface area (Å²) in [4.78, 5) is 41.5. The number of para-hydroxylation sites is 1. The van der Waals surface area contributed by atoms with Gasteiger partial charge in [0.1, 0.15) is 22.5 Å². The van der Waals surface area contributed by atoms with Gasteiger partial charge in [-0.3, -0.25) is 14.9 Å².